The molecule has 0 radical (unpaired) electrons. The molecule has 1 aliphatic rings. The summed E-state index contributed by atoms with van der Waals surface area (Å²) in [5, 5.41) is 1.37. The molecule has 0 unspecified atom stereocenters. The molecule has 4 nitrogen and oxygen atoms in total. The Morgan fingerprint density at radius 1 is 1.00 bits per heavy atom. The van der Waals surface area contributed by atoms with Gasteiger partial charge in [-0.15, -0.1) is 0 Å². The smallest absolute Gasteiger partial charge is 0.245 e. The Morgan fingerprint density at radius 2 is 1.73 bits per heavy atom. The van der Waals surface area contributed by atoms with Gasteiger partial charge in [0.25, 0.3) is 0 Å². The van der Waals surface area contributed by atoms with Crippen molar-refractivity contribution in [3.63, 3.8) is 0 Å². The summed E-state index contributed by atoms with van der Waals surface area (Å²) in [6.07, 6.45) is 3.80. The average Bonchev–Trinajstić information content (AvgIpc) is 3.02. The molecule has 3 aromatic rings. The second-order valence-corrected chi connectivity index (χ2v) is 7.25. The van der Waals surface area contributed by atoms with Crippen molar-refractivity contribution in [2.75, 3.05) is 13.2 Å². The zero-order valence-electron chi connectivity index (χ0n) is 14.4. The van der Waals surface area contributed by atoms with Crippen molar-refractivity contribution in [2.45, 2.75) is 32.2 Å². The Kier molecular flexibility index (Phi) is 5.46. The lowest BCUT2D eigenvalue weighted by Gasteiger charge is -2.22. The van der Waals surface area contributed by atoms with Gasteiger partial charge in [0.1, 0.15) is 6.54 Å². The van der Waals surface area contributed by atoms with E-state index < -0.39 is 0 Å². The zero-order chi connectivity index (χ0) is 17.9. The first-order chi connectivity index (χ1) is 12.7. The fourth-order valence-corrected chi connectivity index (χ4v) is 3.87. The lowest BCUT2D eigenvalue weighted by Crippen LogP contribution is -2.33. The minimum atomic E-state index is -0.114. The van der Waals surface area contributed by atoms with Crippen molar-refractivity contribution in [3.05, 3.63) is 64.4 Å². The van der Waals surface area contributed by atoms with Crippen LogP contribution in [0.4, 0.5) is 0 Å². The quantitative estimate of drug-likeness (QED) is 0.601. The molecule has 0 bridgehead atoms. The van der Waals surface area contributed by atoms with Gasteiger partial charge in [0.2, 0.25) is 6.33 Å². The third kappa shape index (κ3) is 3.74. The monoisotopic (exact) mass is 391 g/mol. The minimum Gasteiger partial charge on any atom is -0.352 e. The first kappa shape index (κ1) is 17.8. The largest absolute Gasteiger partial charge is 0.352 e. The molecule has 0 spiro atoms. The van der Waals surface area contributed by atoms with Gasteiger partial charge in [-0.25, -0.2) is 9.13 Å². The number of hydrogen-bond acceptors (Lipinski definition) is 2. The molecule has 0 saturated carbocycles. The molecule has 1 saturated heterocycles. The van der Waals surface area contributed by atoms with Crippen LogP contribution in [0, 0.1) is 0 Å². The Morgan fingerprint density at radius 3 is 2.50 bits per heavy atom. The predicted octanol–water partition coefficient (Wildman–Crippen LogP) is 4.44. The number of aryl methyl sites for hydroxylation is 1. The number of nitrogens with zero attached hydrogens (tertiary/aromatic N) is 2. The van der Waals surface area contributed by atoms with Crippen LogP contribution in [-0.4, -0.2) is 24.1 Å². The van der Waals surface area contributed by atoms with Crippen LogP contribution in [0.1, 0.15) is 18.4 Å². The number of ether oxygens (including phenoxy) is 2. The highest BCUT2D eigenvalue weighted by atomic mass is 35.5. The van der Waals surface area contributed by atoms with E-state index in [9.17, 15) is 0 Å². The maximum atomic E-state index is 6.36. The second kappa shape index (κ2) is 7.97. The Labute approximate surface area is 162 Å². The molecule has 26 heavy (non-hydrogen) atoms. The lowest BCUT2D eigenvalue weighted by molar-refractivity contribution is -0.663. The van der Waals surface area contributed by atoms with E-state index in [2.05, 4.69) is 33.7 Å². The highest BCUT2D eigenvalue weighted by Gasteiger charge is 2.20. The predicted molar refractivity (Wildman–Crippen MR) is 103 cm³/mol. The van der Waals surface area contributed by atoms with Crippen LogP contribution in [0.25, 0.3) is 11.0 Å². The average molecular weight is 392 g/mol. The fourth-order valence-electron chi connectivity index (χ4n) is 3.35. The molecule has 0 N–H and O–H groups in total. The van der Waals surface area contributed by atoms with Gasteiger partial charge >= 0.3 is 0 Å². The van der Waals surface area contributed by atoms with E-state index in [1.165, 1.54) is 5.52 Å². The molecule has 0 amide bonds. The number of aromatic nitrogens is 2. The molecule has 6 heteroatoms. The van der Waals surface area contributed by atoms with Crippen LogP contribution in [-0.2, 0) is 22.6 Å². The SMILES string of the molecule is Clc1cccc(Cl)c1C[n+]1cn(CCC2OCCCO2)c2ccccc21. The van der Waals surface area contributed by atoms with Gasteiger partial charge in [0, 0.05) is 22.0 Å². The van der Waals surface area contributed by atoms with E-state index >= 15 is 0 Å². The highest BCUT2D eigenvalue weighted by Crippen LogP contribution is 2.24. The summed E-state index contributed by atoms with van der Waals surface area (Å²) in [5.41, 5.74) is 3.25. The van der Waals surface area contributed by atoms with Gasteiger partial charge in [-0.1, -0.05) is 41.4 Å². The summed E-state index contributed by atoms with van der Waals surface area (Å²) in [6.45, 7) is 3.01. The number of benzene rings is 2. The van der Waals surface area contributed by atoms with E-state index in [0.29, 0.717) is 16.6 Å². The maximum absolute atomic E-state index is 6.36. The van der Waals surface area contributed by atoms with Gasteiger partial charge < -0.3 is 9.47 Å². The van der Waals surface area contributed by atoms with Crippen molar-refractivity contribution < 1.29 is 14.0 Å². The van der Waals surface area contributed by atoms with Crippen LogP contribution in [0.5, 0.6) is 0 Å². The molecule has 0 atom stereocenters. The molecule has 2 heterocycles. The van der Waals surface area contributed by atoms with E-state index in [1.807, 2.05) is 24.3 Å². The molecule has 1 aromatic heterocycles. The van der Waals surface area contributed by atoms with Gasteiger partial charge in [0.05, 0.1) is 19.8 Å². The third-order valence-corrected chi connectivity index (χ3v) is 5.38. The summed E-state index contributed by atoms with van der Waals surface area (Å²) in [7, 11) is 0. The Balaban J connectivity index is 1.61. The molecule has 4 rings (SSSR count). The Bertz CT molecular complexity index is 884. The van der Waals surface area contributed by atoms with Gasteiger partial charge in [0.15, 0.2) is 17.3 Å². The molecular weight excluding hydrogens is 371 g/mol. The van der Waals surface area contributed by atoms with Crippen LogP contribution in [0.15, 0.2) is 48.8 Å². The van der Waals surface area contributed by atoms with E-state index in [4.69, 9.17) is 32.7 Å². The molecule has 1 fully saturated rings. The molecular formula is C20H21Cl2N2O2+. The van der Waals surface area contributed by atoms with Crippen molar-refractivity contribution in [1.82, 2.24) is 4.57 Å². The fraction of sp³-hybridized carbons (Fsp3) is 0.350. The summed E-state index contributed by atoms with van der Waals surface area (Å²) in [6, 6.07) is 14.0. The van der Waals surface area contributed by atoms with Crippen molar-refractivity contribution >= 4 is 34.2 Å². The number of rotatable bonds is 5. The summed E-state index contributed by atoms with van der Waals surface area (Å²) in [4.78, 5) is 0. The van der Waals surface area contributed by atoms with E-state index in [0.717, 1.165) is 43.7 Å². The first-order valence-electron chi connectivity index (χ1n) is 8.86. The van der Waals surface area contributed by atoms with Gasteiger partial charge in [-0.05, 0) is 30.7 Å². The zero-order valence-corrected chi connectivity index (χ0v) is 15.9. The van der Waals surface area contributed by atoms with Crippen LogP contribution in [0.3, 0.4) is 0 Å². The van der Waals surface area contributed by atoms with Crippen molar-refractivity contribution in [1.29, 1.82) is 0 Å². The first-order valence-corrected chi connectivity index (χ1v) is 9.61. The number of para-hydroxylation sites is 2. The molecule has 136 valence electrons. The topological polar surface area (TPSA) is 27.3 Å². The number of halogens is 2. The maximum Gasteiger partial charge on any atom is 0.245 e. The Hall–Kier alpha value is -1.59. The van der Waals surface area contributed by atoms with Crippen LogP contribution < -0.4 is 4.57 Å². The van der Waals surface area contributed by atoms with Crippen LogP contribution in [0.2, 0.25) is 10.0 Å². The number of fused-ring (bicyclic) bond motifs is 1. The number of imidazole rings is 1. The standard InChI is InChI=1S/C20H21Cl2N2O2/c21-16-5-3-6-17(22)15(16)13-24-14-23(18-7-1-2-8-19(18)24)10-9-20-25-11-4-12-26-20/h1-3,5-8,14,20H,4,9-13H2/q+1. The highest BCUT2D eigenvalue weighted by molar-refractivity contribution is 6.35. The van der Waals surface area contributed by atoms with Gasteiger partial charge in [-0.2, -0.15) is 0 Å². The summed E-state index contributed by atoms with van der Waals surface area (Å²) < 4.78 is 15.8. The number of hydrogen-bond donors (Lipinski definition) is 0. The van der Waals surface area contributed by atoms with Crippen molar-refractivity contribution in [2.24, 2.45) is 0 Å². The third-order valence-electron chi connectivity index (χ3n) is 4.67. The van der Waals surface area contributed by atoms with Crippen LogP contribution >= 0.6 is 23.2 Å². The van der Waals surface area contributed by atoms with Crippen molar-refractivity contribution in [3.8, 4) is 0 Å². The van der Waals surface area contributed by atoms with E-state index in [-0.39, 0.29) is 6.29 Å². The van der Waals surface area contributed by atoms with E-state index in [1.54, 1.807) is 0 Å². The summed E-state index contributed by atoms with van der Waals surface area (Å²) in [5.74, 6) is 0. The van der Waals surface area contributed by atoms with Gasteiger partial charge in [-0.3, -0.25) is 0 Å². The molecule has 2 aromatic carbocycles. The summed E-state index contributed by atoms with van der Waals surface area (Å²) >= 11 is 12.7. The minimum absolute atomic E-state index is 0.114. The molecule has 0 aliphatic carbocycles. The normalized spacial score (nSPS) is 15.6. The second-order valence-electron chi connectivity index (χ2n) is 6.44. The lowest BCUT2D eigenvalue weighted by atomic mass is 10.2. The molecule has 1 aliphatic heterocycles.